The number of alkyl halides is 3. The summed E-state index contributed by atoms with van der Waals surface area (Å²) in [6.45, 7) is 0.525. The first-order chi connectivity index (χ1) is 7.76. The molecule has 0 saturated heterocycles. The fraction of sp³-hybridized carbons (Fsp3) is 0.556. The molecule has 17 heavy (non-hydrogen) atoms. The van der Waals surface area contributed by atoms with Gasteiger partial charge in [-0.25, -0.2) is 4.79 Å². The van der Waals surface area contributed by atoms with Gasteiger partial charge in [0.2, 0.25) is 0 Å². The van der Waals surface area contributed by atoms with Crippen LogP contribution in [0.15, 0.2) is 15.8 Å². The van der Waals surface area contributed by atoms with Gasteiger partial charge in [-0.15, -0.1) is 0 Å². The average Bonchev–Trinajstić information content (AvgIpc) is 2.20. The molecule has 96 valence electrons. The van der Waals surface area contributed by atoms with E-state index >= 15 is 0 Å². The minimum atomic E-state index is -4.59. The third-order valence-electron chi connectivity index (χ3n) is 2.00. The molecule has 0 N–H and O–H groups in total. The smallest absolute Gasteiger partial charge is 0.299 e. The second-order valence-corrected chi connectivity index (χ2v) is 4.62. The van der Waals surface area contributed by atoms with E-state index in [-0.39, 0.29) is 14.7 Å². The molecule has 0 aliphatic carbocycles. The van der Waals surface area contributed by atoms with Crippen molar-refractivity contribution in [3.05, 3.63) is 30.6 Å². The lowest BCUT2D eigenvalue weighted by molar-refractivity contribution is -0.142. The predicted octanol–water partition coefficient (Wildman–Crippen LogP) is 1.59. The first kappa shape index (κ1) is 14.3. The van der Waals surface area contributed by atoms with E-state index in [1.165, 1.54) is 6.20 Å². The predicted molar refractivity (Wildman–Crippen MR) is 64.0 cm³/mol. The summed E-state index contributed by atoms with van der Waals surface area (Å²) in [7, 11) is 0. The Morgan fingerprint density at radius 1 is 1.35 bits per heavy atom. The summed E-state index contributed by atoms with van der Waals surface area (Å²) >= 11 is 1.62. The van der Waals surface area contributed by atoms with Gasteiger partial charge in [0, 0.05) is 12.7 Å². The molecule has 8 heteroatoms. The molecule has 0 aliphatic heterocycles. The Balaban J connectivity index is 3.37. The summed E-state index contributed by atoms with van der Waals surface area (Å²) in [6.07, 6.45) is -2.71. The quantitative estimate of drug-likeness (QED) is 0.767. The van der Waals surface area contributed by atoms with Gasteiger partial charge in [0.25, 0.3) is 5.56 Å². The van der Waals surface area contributed by atoms with Crippen LogP contribution in [0.1, 0.15) is 13.3 Å². The first-order valence-electron chi connectivity index (χ1n) is 4.82. The normalized spacial score (nSPS) is 11.8. The molecule has 0 aromatic carbocycles. The van der Waals surface area contributed by atoms with Gasteiger partial charge < -0.3 is 0 Å². The zero-order chi connectivity index (χ0) is 13.2. The van der Waals surface area contributed by atoms with E-state index in [1.807, 2.05) is 0 Å². The van der Waals surface area contributed by atoms with Crippen molar-refractivity contribution in [2.24, 2.45) is 0 Å². The topological polar surface area (TPSA) is 44.0 Å². The molecule has 1 aromatic rings. The minimum absolute atomic E-state index is 0.0971. The van der Waals surface area contributed by atoms with Gasteiger partial charge in [0.05, 0.1) is 3.57 Å². The molecule has 4 nitrogen and oxygen atoms in total. The summed E-state index contributed by atoms with van der Waals surface area (Å²) in [4.78, 5) is 23.1. The van der Waals surface area contributed by atoms with E-state index in [2.05, 4.69) is 0 Å². The Hall–Kier alpha value is -0.800. The van der Waals surface area contributed by atoms with E-state index < -0.39 is 24.0 Å². The summed E-state index contributed by atoms with van der Waals surface area (Å²) < 4.78 is 38.2. The highest BCUT2D eigenvalue weighted by Gasteiger charge is 2.30. The van der Waals surface area contributed by atoms with Crippen LogP contribution < -0.4 is 11.2 Å². The Morgan fingerprint density at radius 3 is 2.41 bits per heavy atom. The minimum Gasteiger partial charge on any atom is -0.299 e. The van der Waals surface area contributed by atoms with Gasteiger partial charge in [-0.3, -0.25) is 13.9 Å². The van der Waals surface area contributed by atoms with E-state index in [0.717, 1.165) is 4.57 Å². The Morgan fingerprint density at radius 2 is 1.94 bits per heavy atom. The summed E-state index contributed by atoms with van der Waals surface area (Å²) in [6, 6.07) is 0. The van der Waals surface area contributed by atoms with Crippen LogP contribution in [-0.2, 0) is 13.1 Å². The highest BCUT2D eigenvalue weighted by atomic mass is 127. The highest BCUT2D eigenvalue weighted by Crippen LogP contribution is 2.15. The largest absolute Gasteiger partial charge is 0.406 e. The molecule has 0 atom stereocenters. The van der Waals surface area contributed by atoms with E-state index in [9.17, 15) is 22.8 Å². The molecular weight excluding hydrogens is 352 g/mol. The first-order valence-corrected chi connectivity index (χ1v) is 5.90. The SMILES string of the molecule is CCCn1cc(I)c(=O)n(CC(F)(F)F)c1=O. The van der Waals surface area contributed by atoms with Gasteiger partial charge in [-0.2, -0.15) is 13.2 Å². The molecule has 0 unspecified atom stereocenters. The van der Waals surface area contributed by atoms with Crippen LogP contribution in [0.2, 0.25) is 0 Å². The van der Waals surface area contributed by atoms with Gasteiger partial charge in [-0.1, -0.05) is 6.92 Å². The molecule has 0 fully saturated rings. The van der Waals surface area contributed by atoms with Crippen LogP contribution in [0.5, 0.6) is 0 Å². The van der Waals surface area contributed by atoms with Gasteiger partial charge in [0.15, 0.2) is 0 Å². The maximum absolute atomic E-state index is 12.2. The lowest BCUT2D eigenvalue weighted by Crippen LogP contribution is -2.43. The molecule has 1 aromatic heterocycles. The Labute approximate surface area is 108 Å². The van der Waals surface area contributed by atoms with Gasteiger partial charge in [0.1, 0.15) is 6.54 Å². The van der Waals surface area contributed by atoms with Crippen LogP contribution in [0.3, 0.4) is 0 Å². The van der Waals surface area contributed by atoms with Crippen molar-refractivity contribution in [2.45, 2.75) is 32.6 Å². The number of aromatic nitrogens is 2. The molecule has 0 bridgehead atoms. The lowest BCUT2D eigenvalue weighted by atomic mass is 10.4. The third kappa shape index (κ3) is 3.58. The zero-order valence-corrected chi connectivity index (χ0v) is 11.1. The maximum atomic E-state index is 12.2. The van der Waals surface area contributed by atoms with Crippen molar-refractivity contribution in [1.29, 1.82) is 0 Å². The van der Waals surface area contributed by atoms with Gasteiger partial charge in [-0.05, 0) is 29.0 Å². The van der Waals surface area contributed by atoms with E-state index in [0.29, 0.717) is 6.42 Å². The average molecular weight is 362 g/mol. The number of halogens is 4. The van der Waals surface area contributed by atoms with Crippen molar-refractivity contribution >= 4 is 22.6 Å². The molecule has 0 amide bonds. The molecule has 0 radical (unpaired) electrons. The molecule has 0 spiro atoms. The number of hydrogen-bond donors (Lipinski definition) is 0. The number of hydrogen-bond acceptors (Lipinski definition) is 2. The number of nitrogens with zero attached hydrogens (tertiary/aromatic N) is 2. The molecule has 1 heterocycles. The van der Waals surface area contributed by atoms with Crippen LogP contribution in [0, 0.1) is 3.57 Å². The van der Waals surface area contributed by atoms with Crippen molar-refractivity contribution in [3.8, 4) is 0 Å². The second kappa shape index (κ2) is 5.23. The van der Waals surface area contributed by atoms with Crippen molar-refractivity contribution in [3.63, 3.8) is 0 Å². The summed E-state index contributed by atoms with van der Waals surface area (Å²) in [5, 5.41) is 0. The van der Waals surface area contributed by atoms with Crippen LogP contribution >= 0.6 is 22.6 Å². The van der Waals surface area contributed by atoms with E-state index in [4.69, 9.17) is 0 Å². The number of aryl methyl sites for hydroxylation is 1. The van der Waals surface area contributed by atoms with Crippen molar-refractivity contribution < 1.29 is 13.2 Å². The fourth-order valence-corrected chi connectivity index (χ4v) is 1.97. The van der Waals surface area contributed by atoms with Crippen LogP contribution in [0.25, 0.3) is 0 Å². The molecule has 0 saturated carbocycles. The molecule has 0 aliphatic rings. The Bertz CT molecular complexity index is 518. The summed E-state index contributed by atoms with van der Waals surface area (Å²) in [5.41, 5.74) is -1.82. The zero-order valence-electron chi connectivity index (χ0n) is 8.92. The second-order valence-electron chi connectivity index (χ2n) is 3.46. The summed E-state index contributed by atoms with van der Waals surface area (Å²) in [5.74, 6) is 0. The number of rotatable bonds is 3. The monoisotopic (exact) mass is 362 g/mol. The standard InChI is InChI=1S/C9H10F3IN2O2/c1-2-3-14-4-6(13)7(16)15(8(14)17)5-9(10,11)12/h4H,2-3,5H2,1H3. The van der Waals surface area contributed by atoms with Gasteiger partial charge >= 0.3 is 11.9 Å². The lowest BCUT2D eigenvalue weighted by Gasteiger charge is -2.12. The van der Waals surface area contributed by atoms with Crippen molar-refractivity contribution in [1.82, 2.24) is 9.13 Å². The fourth-order valence-electron chi connectivity index (χ4n) is 1.34. The van der Waals surface area contributed by atoms with Crippen molar-refractivity contribution in [2.75, 3.05) is 0 Å². The van der Waals surface area contributed by atoms with Crippen LogP contribution in [0.4, 0.5) is 13.2 Å². The van der Waals surface area contributed by atoms with E-state index in [1.54, 1.807) is 29.5 Å². The maximum Gasteiger partial charge on any atom is 0.406 e. The molecular formula is C9H10F3IN2O2. The highest BCUT2D eigenvalue weighted by molar-refractivity contribution is 14.1. The van der Waals surface area contributed by atoms with Crippen LogP contribution in [-0.4, -0.2) is 15.3 Å². The molecule has 1 rings (SSSR count). The third-order valence-corrected chi connectivity index (χ3v) is 2.74. The Kier molecular flexibility index (Phi) is 4.39.